The number of esters is 1. The number of fused-ring (bicyclic) bond motifs is 1. The summed E-state index contributed by atoms with van der Waals surface area (Å²) in [6.45, 7) is 1.97. The Morgan fingerprint density at radius 1 is 0.816 bits per heavy atom. The zero-order valence-corrected chi connectivity index (χ0v) is 20.9. The number of para-hydroxylation sites is 2. The first-order valence-electron chi connectivity index (χ1n) is 12.3. The second-order valence-electron chi connectivity index (χ2n) is 8.81. The first-order chi connectivity index (χ1) is 18.6. The van der Waals surface area contributed by atoms with Crippen LogP contribution in [0.15, 0.2) is 109 Å². The molecule has 38 heavy (non-hydrogen) atoms. The Hall–Kier alpha value is -4.97. The van der Waals surface area contributed by atoms with Crippen LogP contribution in [0, 0.1) is 6.92 Å². The molecule has 0 radical (unpaired) electrons. The third kappa shape index (κ3) is 5.87. The van der Waals surface area contributed by atoms with E-state index in [9.17, 15) is 9.59 Å². The largest absolute Gasteiger partial charge is 0.489 e. The molecule has 4 aromatic carbocycles. The number of aromatic nitrogens is 1. The molecule has 0 aliphatic heterocycles. The molecule has 1 aromatic heterocycles. The Morgan fingerprint density at radius 2 is 1.53 bits per heavy atom. The van der Waals surface area contributed by atoms with Gasteiger partial charge in [-0.25, -0.2) is 9.78 Å². The molecular weight excluding hydrogens is 476 g/mol. The van der Waals surface area contributed by atoms with Crippen molar-refractivity contribution < 1.29 is 19.1 Å². The molecule has 5 rings (SSSR count). The summed E-state index contributed by atoms with van der Waals surface area (Å²) < 4.78 is 11.3. The number of benzene rings is 4. The Balaban J connectivity index is 1.32. The van der Waals surface area contributed by atoms with Gasteiger partial charge in [0.05, 0.1) is 16.8 Å². The van der Waals surface area contributed by atoms with E-state index in [1.165, 1.54) is 0 Å². The molecule has 0 saturated heterocycles. The van der Waals surface area contributed by atoms with Gasteiger partial charge in [0.1, 0.15) is 12.4 Å². The number of hydrogen-bond acceptors (Lipinski definition) is 5. The van der Waals surface area contributed by atoms with Gasteiger partial charge in [-0.15, -0.1) is 0 Å². The number of ether oxygens (including phenoxy) is 2. The number of pyridine rings is 1. The number of amides is 1. The zero-order valence-electron chi connectivity index (χ0n) is 20.9. The van der Waals surface area contributed by atoms with E-state index >= 15 is 0 Å². The van der Waals surface area contributed by atoms with Crippen molar-refractivity contribution in [2.45, 2.75) is 13.5 Å². The van der Waals surface area contributed by atoms with Gasteiger partial charge >= 0.3 is 5.97 Å². The lowest BCUT2D eigenvalue weighted by atomic mass is 10.0. The Bertz CT molecular complexity index is 1580. The molecule has 0 atom stereocenters. The highest BCUT2D eigenvalue weighted by molar-refractivity contribution is 6.05. The number of anilines is 1. The van der Waals surface area contributed by atoms with Crippen LogP contribution in [-0.4, -0.2) is 23.5 Å². The second-order valence-corrected chi connectivity index (χ2v) is 8.81. The number of nitrogens with zero attached hydrogens (tertiary/aromatic N) is 1. The maximum atomic E-state index is 13.1. The first kappa shape index (κ1) is 24.7. The van der Waals surface area contributed by atoms with Gasteiger partial charge in [0, 0.05) is 16.6 Å². The van der Waals surface area contributed by atoms with Crippen LogP contribution >= 0.6 is 0 Å². The third-order valence-corrected chi connectivity index (χ3v) is 6.09. The van der Waals surface area contributed by atoms with Crippen molar-refractivity contribution in [2.75, 3.05) is 11.9 Å². The van der Waals surface area contributed by atoms with Crippen LogP contribution in [0.5, 0.6) is 5.75 Å². The van der Waals surface area contributed by atoms with E-state index < -0.39 is 18.5 Å². The second kappa shape index (κ2) is 11.4. The van der Waals surface area contributed by atoms with Gasteiger partial charge in [-0.2, -0.15) is 0 Å². The number of carbonyl (C=O) groups excluding carboxylic acids is 2. The molecule has 0 aliphatic carbocycles. The number of nitrogens with one attached hydrogen (secondary N) is 1. The predicted octanol–water partition coefficient (Wildman–Crippen LogP) is 6.58. The smallest absolute Gasteiger partial charge is 0.339 e. The summed E-state index contributed by atoms with van der Waals surface area (Å²) in [6.07, 6.45) is 0. The van der Waals surface area contributed by atoms with E-state index in [1.807, 2.05) is 104 Å². The molecule has 6 heteroatoms. The summed E-state index contributed by atoms with van der Waals surface area (Å²) in [4.78, 5) is 30.3. The van der Waals surface area contributed by atoms with Gasteiger partial charge in [-0.3, -0.25) is 4.79 Å². The summed E-state index contributed by atoms with van der Waals surface area (Å²) in [6, 6.07) is 34.0. The SMILES string of the molecule is Cc1ccccc1NC(=O)COC(=O)c1cc(-c2ccc(OCc3ccccc3)cc2)nc2ccccc12. The van der Waals surface area contributed by atoms with Gasteiger partial charge in [0.25, 0.3) is 5.91 Å². The maximum absolute atomic E-state index is 13.1. The minimum atomic E-state index is -0.590. The van der Waals surface area contributed by atoms with Crippen LogP contribution in [0.2, 0.25) is 0 Å². The minimum absolute atomic E-state index is 0.346. The van der Waals surface area contributed by atoms with Crippen LogP contribution < -0.4 is 10.1 Å². The van der Waals surface area contributed by atoms with Crippen molar-refractivity contribution >= 4 is 28.5 Å². The fourth-order valence-corrected chi connectivity index (χ4v) is 4.06. The predicted molar refractivity (Wildman–Crippen MR) is 148 cm³/mol. The third-order valence-electron chi connectivity index (χ3n) is 6.09. The van der Waals surface area contributed by atoms with Crippen LogP contribution in [0.1, 0.15) is 21.5 Å². The quantitative estimate of drug-likeness (QED) is 0.242. The monoisotopic (exact) mass is 502 g/mol. The lowest BCUT2D eigenvalue weighted by Gasteiger charge is -2.12. The van der Waals surface area contributed by atoms with E-state index in [4.69, 9.17) is 14.5 Å². The minimum Gasteiger partial charge on any atom is -0.489 e. The molecule has 0 bridgehead atoms. The molecule has 6 nitrogen and oxygen atoms in total. The molecule has 0 aliphatic rings. The van der Waals surface area contributed by atoms with Gasteiger partial charge < -0.3 is 14.8 Å². The molecule has 1 heterocycles. The molecular formula is C32H26N2O4. The highest BCUT2D eigenvalue weighted by Crippen LogP contribution is 2.27. The highest BCUT2D eigenvalue weighted by atomic mass is 16.5. The van der Waals surface area contributed by atoms with E-state index in [1.54, 1.807) is 12.1 Å². The van der Waals surface area contributed by atoms with E-state index in [0.717, 1.165) is 22.4 Å². The normalized spacial score (nSPS) is 10.7. The summed E-state index contributed by atoms with van der Waals surface area (Å²) >= 11 is 0. The number of carbonyl (C=O) groups is 2. The van der Waals surface area contributed by atoms with Gasteiger partial charge in [0.15, 0.2) is 6.61 Å². The van der Waals surface area contributed by atoms with Gasteiger partial charge in [-0.05, 0) is 60.5 Å². The average molecular weight is 503 g/mol. The zero-order chi connectivity index (χ0) is 26.3. The van der Waals surface area contributed by atoms with Crippen molar-refractivity contribution in [3.05, 3.63) is 126 Å². The van der Waals surface area contributed by atoms with Crippen LogP contribution in [0.25, 0.3) is 22.2 Å². The van der Waals surface area contributed by atoms with Crippen molar-refractivity contribution in [2.24, 2.45) is 0 Å². The summed E-state index contributed by atoms with van der Waals surface area (Å²) in [7, 11) is 0. The van der Waals surface area contributed by atoms with E-state index in [-0.39, 0.29) is 0 Å². The lowest BCUT2D eigenvalue weighted by Crippen LogP contribution is -2.21. The fourth-order valence-electron chi connectivity index (χ4n) is 4.06. The number of hydrogen-bond donors (Lipinski definition) is 1. The van der Waals surface area contributed by atoms with Gasteiger partial charge in [-0.1, -0.05) is 66.7 Å². The molecule has 0 saturated carbocycles. The summed E-state index contributed by atoms with van der Waals surface area (Å²) in [5.41, 5.74) is 5.14. The molecule has 1 amide bonds. The Morgan fingerprint density at radius 3 is 2.32 bits per heavy atom. The average Bonchev–Trinajstić information content (AvgIpc) is 2.96. The topological polar surface area (TPSA) is 77.5 Å². The Labute approximate surface area is 220 Å². The van der Waals surface area contributed by atoms with Crippen molar-refractivity contribution in [3.63, 3.8) is 0 Å². The van der Waals surface area contributed by atoms with Gasteiger partial charge in [0.2, 0.25) is 0 Å². The van der Waals surface area contributed by atoms with Crippen LogP contribution in [0.4, 0.5) is 5.69 Å². The van der Waals surface area contributed by atoms with Crippen molar-refractivity contribution in [1.29, 1.82) is 0 Å². The van der Waals surface area contributed by atoms with Crippen molar-refractivity contribution in [3.8, 4) is 17.0 Å². The molecule has 188 valence electrons. The molecule has 1 N–H and O–H groups in total. The summed E-state index contributed by atoms with van der Waals surface area (Å²) in [5, 5.41) is 3.43. The van der Waals surface area contributed by atoms with Crippen molar-refractivity contribution in [1.82, 2.24) is 4.98 Å². The fraction of sp³-hybridized carbons (Fsp3) is 0.0938. The highest BCUT2D eigenvalue weighted by Gasteiger charge is 2.17. The van der Waals surface area contributed by atoms with Crippen LogP contribution in [-0.2, 0) is 16.1 Å². The van der Waals surface area contributed by atoms with E-state index in [0.29, 0.717) is 34.5 Å². The number of aryl methyl sites for hydroxylation is 1. The molecule has 0 spiro atoms. The van der Waals surface area contributed by atoms with Crippen LogP contribution in [0.3, 0.4) is 0 Å². The summed E-state index contributed by atoms with van der Waals surface area (Å²) in [5.74, 6) is -0.261. The number of rotatable bonds is 8. The maximum Gasteiger partial charge on any atom is 0.339 e. The lowest BCUT2D eigenvalue weighted by molar-refractivity contribution is -0.119. The Kier molecular flexibility index (Phi) is 7.41. The van der Waals surface area contributed by atoms with E-state index in [2.05, 4.69) is 5.32 Å². The first-order valence-corrected chi connectivity index (χ1v) is 12.3. The molecule has 0 fully saturated rings. The standard InChI is InChI=1S/C32H26N2O4/c1-22-9-5-7-13-28(22)34-31(35)21-38-32(36)27-19-30(33-29-14-8-6-12-26(27)29)24-15-17-25(18-16-24)37-20-23-10-3-2-4-11-23/h2-19H,20-21H2,1H3,(H,34,35). The molecule has 0 unspecified atom stereocenters. The molecule has 5 aromatic rings.